The average Bonchev–Trinajstić information content (AvgIpc) is 3.15. The average molecular weight is 440 g/mol. The van der Waals surface area contributed by atoms with E-state index in [4.69, 9.17) is 4.42 Å². The van der Waals surface area contributed by atoms with Crippen LogP contribution in [0.15, 0.2) is 70.3 Å². The van der Waals surface area contributed by atoms with Crippen LogP contribution in [0.4, 0.5) is 18.9 Å². The molecule has 158 valence electrons. The van der Waals surface area contributed by atoms with Gasteiger partial charge >= 0.3 is 6.18 Å². The van der Waals surface area contributed by atoms with Crippen molar-refractivity contribution in [2.45, 2.75) is 16.8 Å². The second-order valence-electron chi connectivity index (χ2n) is 6.09. The Hall–Kier alpha value is -3.34. The van der Waals surface area contributed by atoms with Crippen LogP contribution >= 0.6 is 0 Å². The van der Waals surface area contributed by atoms with E-state index in [2.05, 4.69) is 15.0 Å². The van der Waals surface area contributed by atoms with E-state index in [-0.39, 0.29) is 27.8 Å². The number of pyridine rings is 1. The van der Waals surface area contributed by atoms with Crippen LogP contribution in [0.5, 0.6) is 5.88 Å². The minimum Gasteiger partial charge on any atom is -0.468 e. The number of amides is 1. The van der Waals surface area contributed by atoms with Crippen molar-refractivity contribution in [2.24, 2.45) is 0 Å². The molecular weight excluding hydrogens is 425 g/mol. The Morgan fingerprint density at radius 1 is 1.10 bits per heavy atom. The first-order chi connectivity index (χ1) is 14.1. The molecule has 2 aromatic heterocycles. The zero-order valence-corrected chi connectivity index (χ0v) is 16.0. The van der Waals surface area contributed by atoms with Gasteiger partial charge in [0.05, 0.1) is 28.8 Å². The van der Waals surface area contributed by atoms with Crippen molar-refractivity contribution in [3.8, 4) is 5.88 Å². The van der Waals surface area contributed by atoms with Crippen LogP contribution in [-0.4, -0.2) is 32.1 Å². The van der Waals surface area contributed by atoms with Gasteiger partial charge in [-0.05, 0) is 24.3 Å². The van der Waals surface area contributed by atoms with Crippen molar-refractivity contribution in [3.05, 3.63) is 72.3 Å². The predicted molar refractivity (Wildman–Crippen MR) is 99.8 cm³/mol. The number of anilines is 1. The van der Waals surface area contributed by atoms with Crippen LogP contribution in [0.2, 0.25) is 0 Å². The fourth-order valence-electron chi connectivity index (χ4n) is 2.45. The monoisotopic (exact) mass is 440 g/mol. The van der Waals surface area contributed by atoms with E-state index in [0.29, 0.717) is 0 Å². The number of carbonyl (C=O) groups is 1. The highest BCUT2D eigenvalue weighted by molar-refractivity contribution is 7.90. The molecule has 0 atom stereocenters. The Morgan fingerprint density at radius 3 is 2.47 bits per heavy atom. The molecule has 0 fully saturated rings. The number of carbonyl (C=O) groups excluding carboxylic acids is 1. The van der Waals surface area contributed by atoms with Gasteiger partial charge < -0.3 is 14.5 Å². The molecule has 1 amide bonds. The van der Waals surface area contributed by atoms with Crippen molar-refractivity contribution < 1.29 is 35.5 Å². The third-order valence-electron chi connectivity index (χ3n) is 3.78. The zero-order valence-electron chi connectivity index (χ0n) is 15.2. The third kappa shape index (κ3) is 5.60. The van der Waals surface area contributed by atoms with Gasteiger partial charge in [-0.25, -0.2) is 13.4 Å². The second-order valence-corrected chi connectivity index (χ2v) is 8.08. The maximum absolute atomic E-state index is 12.5. The molecule has 0 aliphatic carbocycles. The van der Waals surface area contributed by atoms with Crippen molar-refractivity contribution in [3.63, 3.8) is 0 Å². The van der Waals surface area contributed by atoms with E-state index in [1.807, 2.05) is 0 Å². The number of aromatic nitrogens is 1. The van der Waals surface area contributed by atoms with Crippen LogP contribution in [0, 0.1) is 0 Å². The minimum atomic E-state index is -4.50. The van der Waals surface area contributed by atoms with Crippen molar-refractivity contribution in [1.29, 1.82) is 0 Å². The number of nitrogens with zero attached hydrogens (tertiary/aromatic N) is 1. The van der Waals surface area contributed by atoms with Crippen LogP contribution in [0.1, 0.15) is 16.1 Å². The summed E-state index contributed by atoms with van der Waals surface area (Å²) in [5, 5.41) is 2.44. The molecule has 0 bridgehead atoms. The van der Waals surface area contributed by atoms with E-state index in [1.54, 1.807) is 18.2 Å². The Kier molecular flexibility index (Phi) is 6.11. The number of sulfone groups is 1. The van der Waals surface area contributed by atoms with Crippen molar-refractivity contribution in [2.75, 3.05) is 11.9 Å². The van der Waals surface area contributed by atoms with Gasteiger partial charge in [0.25, 0.3) is 5.91 Å². The minimum absolute atomic E-state index is 0.108. The number of halogens is 3. The summed E-state index contributed by atoms with van der Waals surface area (Å²) in [5.41, 5.74) is 0.321. The summed E-state index contributed by atoms with van der Waals surface area (Å²) in [6.07, 6.45) is -2.20. The van der Waals surface area contributed by atoms with Gasteiger partial charge in [-0.15, -0.1) is 0 Å². The van der Waals surface area contributed by atoms with Crippen LogP contribution < -0.4 is 10.1 Å². The third-order valence-corrected chi connectivity index (χ3v) is 5.46. The second kappa shape index (κ2) is 8.57. The molecule has 0 radical (unpaired) electrons. The Bertz CT molecular complexity index is 1110. The van der Waals surface area contributed by atoms with Gasteiger partial charge in [0.1, 0.15) is 0 Å². The quantitative estimate of drug-likeness (QED) is 0.599. The Labute approximate surface area is 169 Å². The molecule has 0 saturated carbocycles. The largest absolute Gasteiger partial charge is 0.468 e. The molecule has 11 heteroatoms. The highest BCUT2D eigenvalue weighted by Gasteiger charge is 2.28. The Morgan fingerprint density at radius 2 is 1.83 bits per heavy atom. The molecular formula is C19H15F3N2O5S. The highest BCUT2D eigenvalue weighted by atomic mass is 32.2. The van der Waals surface area contributed by atoms with Gasteiger partial charge in [-0.1, -0.05) is 18.2 Å². The number of nitrogens with one attached hydrogen (secondary N) is 1. The lowest BCUT2D eigenvalue weighted by Gasteiger charge is -2.09. The van der Waals surface area contributed by atoms with Gasteiger partial charge in [-0.2, -0.15) is 13.2 Å². The van der Waals surface area contributed by atoms with Gasteiger partial charge in [0.15, 0.2) is 22.2 Å². The molecule has 1 N–H and O–H groups in total. The molecule has 0 aliphatic rings. The van der Waals surface area contributed by atoms with E-state index in [0.717, 1.165) is 12.3 Å². The first-order valence-electron chi connectivity index (χ1n) is 8.45. The topological polar surface area (TPSA) is 98.5 Å². The smallest absolute Gasteiger partial charge is 0.422 e. The van der Waals surface area contributed by atoms with E-state index < -0.39 is 34.3 Å². The molecule has 1 aromatic carbocycles. The summed E-state index contributed by atoms with van der Waals surface area (Å²) in [6, 6.07) is 11.6. The number of alkyl halides is 3. The molecule has 2 heterocycles. The number of ether oxygens (including phenoxy) is 1. The highest BCUT2D eigenvalue weighted by Crippen LogP contribution is 2.22. The standard InChI is InChI=1S/C19H15F3N2O5S/c20-19(21,22)12-29-16-7-6-14(10-23-16)24-18(25)17-13(8-9-28-17)11-30(26,27)15-4-2-1-3-5-15/h1-10H,11-12H2,(H,24,25). The van der Waals surface area contributed by atoms with Crippen LogP contribution in [0.25, 0.3) is 0 Å². The zero-order chi connectivity index (χ0) is 21.8. The summed E-state index contributed by atoms with van der Waals surface area (Å²) in [4.78, 5) is 16.2. The Balaban J connectivity index is 1.68. The SMILES string of the molecule is O=C(Nc1ccc(OCC(F)(F)F)nc1)c1occc1CS(=O)(=O)c1ccccc1. The summed E-state index contributed by atoms with van der Waals surface area (Å²) >= 11 is 0. The molecule has 30 heavy (non-hydrogen) atoms. The molecule has 7 nitrogen and oxygen atoms in total. The fraction of sp³-hybridized carbons (Fsp3) is 0.158. The summed E-state index contributed by atoms with van der Waals surface area (Å²) in [5.74, 6) is -1.65. The first kappa shape index (κ1) is 21.4. The number of rotatable bonds is 7. The maximum Gasteiger partial charge on any atom is 0.422 e. The molecule has 0 aliphatic heterocycles. The number of benzene rings is 1. The lowest BCUT2D eigenvalue weighted by atomic mass is 10.2. The maximum atomic E-state index is 12.5. The van der Waals surface area contributed by atoms with Gasteiger partial charge in [-0.3, -0.25) is 4.79 Å². The molecule has 3 aromatic rings. The van der Waals surface area contributed by atoms with Gasteiger partial charge in [0.2, 0.25) is 5.88 Å². The normalized spacial score (nSPS) is 11.8. The molecule has 0 spiro atoms. The predicted octanol–water partition coefficient (Wildman–Crippen LogP) is 3.84. The van der Waals surface area contributed by atoms with Gasteiger partial charge in [0, 0.05) is 11.6 Å². The van der Waals surface area contributed by atoms with Crippen LogP contribution in [0.3, 0.4) is 0 Å². The number of furan rings is 1. The molecule has 0 unspecified atom stereocenters. The summed E-state index contributed by atoms with van der Waals surface area (Å²) in [7, 11) is -3.70. The number of hydrogen-bond acceptors (Lipinski definition) is 6. The van der Waals surface area contributed by atoms with Crippen LogP contribution in [-0.2, 0) is 15.6 Å². The lowest BCUT2D eigenvalue weighted by molar-refractivity contribution is -0.154. The first-order valence-corrected chi connectivity index (χ1v) is 10.1. The number of hydrogen-bond donors (Lipinski definition) is 1. The molecule has 0 saturated heterocycles. The summed E-state index contributed by atoms with van der Waals surface area (Å²) in [6.45, 7) is -1.49. The van der Waals surface area contributed by atoms with Crippen molar-refractivity contribution in [1.82, 2.24) is 4.98 Å². The fourth-order valence-corrected chi connectivity index (χ4v) is 3.82. The van der Waals surface area contributed by atoms with Crippen molar-refractivity contribution >= 4 is 21.4 Å². The van der Waals surface area contributed by atoms with E-state index in [1.165, 1.54) is 30.5 Å². The summed E-state index contributed by atoms with van der Waals surface area (Å²) < 4.78 is 71.1. The van der Waals surface area contributed by atoms with E-state index >= 15 is 0 Å². The van der Waals surface area contributed by atoms with E-state index in [9.17, 15) is 26.4 Å². The lowest BCUT2D eigenvalue weighted by Crippen LogP contribution is -2.19. The molecule has 3 rings (SSSR count).